The van der Waals surface area contributed by atoms with Gasteiger partial charge in [0.1, 0.15) is 17.1 Å². The van der Waals surface area contributed by atoms with E-state index in [0.29, 0.717) is 18.3 Å². The van der Waals surface area contributed by atoms with Crippen molar-refractivity contribution in [2.75, 3.05) is 6.61 Å². The molecule has 146 valence electrons. The van der Waals surface area contributed by atoms with Crippen LogP contribution in [-0.4, -0.2) is 22.7 Å². The average molecular weight is 380 g/mol. The molecule has 0 saturated heterocycles. The maximum atomic E-state index is 13.0. The topological polar surface area (TPSA) is 94.7 Å². The molecule has 6 nitrogen and oxygen atoms in total. The summed E-state index contributed by atoms with van der Waals surface area (Å²) in [5, 5.41) is 9.79. The number of pyridine rings is 1. The number of hydrogen-bond acceptors (Lipinski definition) is 6. The third kappa shape index (κ3) is 3.67. The molecule has 1 aliphatic carbocycles. The molecule has 1 unspecified atom stereocenters. The Morgan fingerprint density at radius 1 is 1.25 bits per heavy atom. The first kappa shape index (κ1) is 18.3. The van der Waals surface area contributed by atoms with Gasteiger partial charge in [-0.25, -0.2) is 4.79 Å². The second kappa shape index (κ2) is 7.92. The molecule has 2 heterocycles. The van der Waals surface area contributed by atoms with Crippen molar-refractivity contribution in [1.29, 1.82) is 0 Å². The third-order valence-electron chi connectivity index (χ3n) is 5.49. The van der Waals surface area contributed by atoms with E-state index in [2.05, 4.69) is 4.98 Å². The van der Waals surface area contributed by atoms with Crippen LogP contribution in [0.4, 0.5) is 0 Å². The Kier molecular flexibility index (Phi) is 5.19. The second-order valence-electron chi connectivity index (χ2n) is 7.42. The molecule has 1 atom stereocenters. The molecule has 0 bridgehead atoms. The molecule has 0 spiro atoms. The highest BCUT2D eigenvalue weighted by Crippen LogP contribution is 2.43. The summed E-state index contributed by atoms with van der Waals surface area (Å²) in [5.74, 6) is -0.0201. The van der Waals surface area contributed by atoms with Crippen LogP contribution < -0.4 is 10.5 Å². The van der Waals surface area contributed by atoms with Crippen molar-refractivity contribution in [2.24, 2.45) is 11.7 Å². The van der Waals surface area contributed by atoms with Gasteiger partial charge in [0.25, 0.3) is 0 Å². The quantitative estimate of drug-likeness (QED) is 0.787. The van der Waals surface area contributed by atoms with Crippen LogP contribution in [0.3, 0.4) is 0 Å². The number of phenolic OH excluding ortho intramolecular Hbond substituents is 1. The fourth-order valence-electron chi connectivity index (χ4n) is 4.06. The maximum absolute atomic E-state index is 13.0. The van der Waals surface area contributed by atoms with Gasteiger partial charge in [-0.2, -0.15) is 0 Å². The number of nitrogens with zero attached hydrogens (tertiary/aromatic N) is 1. The fourth-order valence-corrected chi connectivity index (χ4v) is 4.06. The molecule has 0 amide bonds. The summed E-state index contributed by atoms with van der Waals surface area (Å²) in [7, 11) is 0. The van der Waals surface area contributed by atoms with Gasteiger partial charge in [0.15, 0.2) is 0 Å². The van der Waals surface area contributed by atoms with Crippen LogP contribution in [0, 0.1) is 5.92 Å². The molecule has 3 N–H and O–H groups in total. The lowest BCUT2D eigenvalue weighted by Crippen LogP contribution is -2.28. The van der Waals surface area contributed by atoms with Gasteiger partial charge >= 0.3 is 5.97 Å². The summed E-state index contributed by atoms with van der Waals surface area (Å²) >= 11 is 0. The van der Waals surface area contributed by atoms with Gasteiger partial charge in [0.05, 0.1) is 12.5 Å². The lowest BCUT2D eigenvalue weighted by atomic mass is 9.83. The summed E-state index contributed by atoms with van der Waals surface area (Å²) in [4.78, 5) is 17.2. The summed E-state index contributed by atoms with van der Waals surface area (Å²) in [6.45, 7) is 0.401. The van der Waals surface area contributed by atoms with Crippen LogP contribution in [0.25, 0.3) is 0 Å². The number of ether oxygens (including phenoxy) is 2. The maximum Gasteiger partial charge on any atom is 0.340 e. The highest BCUT2D eigenvalue weighted by molar-refractivity contribution is 5.92. The average Bonchev–Trinajstić information content (AvgIpc) is 2.72. The Hall–Kier alpha value is -3.02. The minimum absolute atomic E-state index is 0.000553. The predicted molar refractivity (Wildman–Crippen MR) is 104 cm³/mol. The molecule has 2 aliphatic rings. The number of benzene rings is 1. The van der Waals surface area contributed by atoms with Gasteiger partial charge < -0.3 is 20.3 Å². The van der Waals surface area contributed by atoms with Crippen LogP contribution >= 0.6 is 0 Å². The van der Waals surface area contributed by atoms with Crippen molar-refractivity contribution >= 4 is 5.97 Å². The van der Waals surface area contributed by atoms with E-state index < -0.39 is 11.9 Å². The molecule has 0 radical (unpaired) electrons. The van der Waals surface area contributed by atoms with E-state index in [1.54, 1.807) is 24.5 Å². The predicted octanol–water partition coefficient (Wildman–Crippen LogP) is 3.61. The highest BCUT2D eigenvalue weighted by Gasteiger charge is 2.36. The Morgan fingerprint density at radius 3 is 2.82 bits per heavy atom. The number of aromatic nitrogens is 1. The Bertz CT molecular complexity index is 889. The SMILES string of the molecule is NC1=C(C(=O)OCC2CCCCC2)C(c2cccnc2)c2ccc(O)cc2O1. The summed E-state index contributed by atoms with van der Waals surface area (Å²) in [5.41, 5.74) is 7.97. The van der Waals surface area contributed by atoms with Crippen molar-refractivity contribution in [2.45, 2.75) is 38.0 Å². The van der Waals surface area contributed by atoms with Crippen molar-refractivity contribution < 1.29 is 19.4 Å². The number of aromatic hydroxyl groups is 1. The van der Waals surface area contributed by atoms with Gasteiger partial charge in [-0.15, -0.1) is 0 Å². The minimum atomic E-state index is -0.462. The van der Waals surface area contributed by atoms with Gasteiger partial charge in [0.2, 0.25) is 5.88 Å². The lowest BCUT2D eigenvalue weighted by Gasteiger charge is -2.29. The van der Waals surface area contributed by atoms with Crippen LogP contribution in [-0.2, 0) is 9.53 Å². The molecule has 2 aromatic rings. The molecule has 1 aromatic heterocycles. The van der Waals surface area contributed by atoms with E-state index in [1.807, 2.05) is 12.1 Å². The Balaban J connectivity index is 1.65. The van der Waals surface area contributed by atoms with E-state index in [4.69, 9.17) is 15.2 Å². The van der Waals surface area contributed by atoms with E-state index in [1.165, 1.54) is 25.3 Å². The molecule has 1 aliphatic heterocycles. The van der Waals surface area contributed by atoms with Crippen molar-refractivity contribution in [3.05, 3.63) is 65.3 Å². The summed E-state index contributed by atoms with van der Waals surface area (Å²) < 4.78 is 11.3. The third-order valence-corrected chi connectivity index (χ3v) is 5.49. The molecular formula is C22H24N2O4. The number of fused-ring (bicyclic) bond motifs is 1. The zero-order chi connectivity index (χ0) is 19.5. The Morgan fingerprint density at radius 2 is 2.07 bits per heavy atom. The molecule has 4 rings (SSSR count). The smallest absolute Gasteiger partial charge is 0.340 e. The number of carbonyl (C=O) groups excluding carboxylic acids is 1. The molecule has 1 saturated carbocycles. The first-order valence-electron chi connectivity index (χ1n) is 9.71. The van der Waals surface area contributed by atoms with Gasteiger partial charge in [-0.3, -0.25) is 4.98 Å². The van der Waals surface area contributed by atoms with Gasteiger partial charge in [-0.05, 0) is 36.5 Å². The Labute approximate surface area is 164 Å². The largest absolute Gasteiger partial charge is 0.508 e. The number of phenols is 1. The first-order chi connectivity index (χ1) is 13.6. The molecular weight excluding hydrogens is 356 g/mol. The van der Waals surface area contributed by atoms with Crippen LogP contribution in [0.1, 0.15) is 49.1 Å². The number of nitrogens with two attached hydrogens (primary N) is 1. The van der Waals surface area contributed by atoms with Crippen molar-refractivity contribution in [3.8, 4) is 11.5 Å². The molecule has 1 fully saturated rings. The molecule has 6 heteroatoms. The first-order valence-corrected chi connectivity index (χ1v) is 9.71. The van der Waals surface area contributed by atoms with E-state index in [-0.39, 0.29) is 17.2 Å². The summed E-state index contributed by atoms with van der Waals surface area (Å²) in [6.07, 6.45) is 9.18. The van der Waals surface area contributed by atoms with E-state index >= 15 is 0 Å². The number of esters is 1. The normalized spacial score (nSPS) is 19.6. The van der Waals surface area contributed by atoms with Crippen LogP contribution in [0.15, 0.2) is 54.2 Å². The molecule has 1 aromatic carbocycles. The van der Waals surface area contributed by atoms with Crippen LogP contribution in [0.5, 0.6) is 11.5 Å². The van der Waals surface area contributed by atoms with Crippen LogP contribution in [0.2, 0.25) is 0 Å². The second-order valence-corrected chi connectivity index (χ2v) is 7.42. The summed E-state index contributed by atoms with van der Waals surface area (Å²) in [6, 6.07) is 8.50. The zero-order valence-corrected chi connectivity index (χ0v) is 15.6. The monoisotopic (exact) mass is 380 g/mol. The zero-order valence-electron chi connectivity index (χ0n) is 15.6. The lowest BCUT2D eigenvalue weighted by molar-refractivity contribution is -0.141. The van der Waals surface area contributed by atoms with Crippen molar-refractivity contribution in [3.63, 3.8) is 0 Å². The van der Waals surface area contributed by atoms with E-state index in [9.17, 15) is 9.90 Å². The highest BCUT2D eigenvalue weighted by atomic mass is 16.5. The number of hydrogen-bond donors (Lipinski definition) is 2. The van der Waals surface area contributed by atoms with Crippen molar-refractivity contribution in [1.82, 2.24) is 4.98 Å². The fraction of sp³-hybridized carbons (Fsp3) is 0.364. The minimum Gasteiger partial charge on any atom is -0.508 e. The van der Waals surface area contributed by atoms with Gasteiger partial charge in [0, 0.05) is 24.0 Å². The van der Waals surface area contributed by atoms with Gasteiger partial charge in [-0.1, -0.05) is 31.4 Å². The number of rotatable bonds is 4. The van der Waals surface area contributed by atoms with E-state index in [0.717, 1.165) is 24.0 Å². The molecule has 28 heavy (non-hydrogen) atoms. The number of carbonyl (C=O) groups is 1. The standard InChI is InChI=1S/C22H24N2O4/c23-21-20(22(26)27-13-14-5-2-1-3-6-14)19(15-7-4-10-24-12-15)17-9-8-16(25)11-18(17)28-21/h4,7-12,14,19,25H,1-3,5-6,13,23H2.